The van der Waals surface area contributed by atoms with E-state index in [-0.39, 0.29) is 5.82 Å². The summed E-state index contributed by atoms with van der Waals surface area (Å²) in [6, 6.07) is 3.55. The molecule has 0 heterocycles. The van der Waals surface area contributed by atoms with Crippen LogP contribution in [0, 0.1) is 12.7 Å². The van der Waals surface area contributed by atoms with Crippen LogP contribution >= 0.6 is 15.9 Å². The van der Waals surface area contributed by atoms with E-state index in [9.17, 15) is 9.50 Å². The van der Waals surface area contributed by atoms with E-state index in [4.69, 9.17) is 0 Å². The number of hydrogen-bond donors (Lipinski definition) is 1. The zero-order chi connectivity index (χ0) is 10.3. The molecule has 0 atom stereocenters. The molecule has 1 aliphatic carbocycles. The van der Waals surface area contributed by atoms with Crippen LogP contribution in [0.2, 0.25) is 0 Å². The molecule has 1 fully saturated rings. The molecule has 0 aliphatic heterocycles. The highest BCUT2D eigenvalue weighted by molar-refractivity contribution is 9.10. The summed E-state index contributed by atoms with van der Waals surface area (Å²) >= 11 is 3.17. The molecule has 0 unspecified atom stereocenters. The second-order valence-corrected chi connectivity index (χ2v) is 4.96. The molecular weight excluding hydrogens is 247 g/mol. The van der Waals surface area contributed by atoms with Crippen molar-refractivity contribution in [3.63, 3.8) is 0 Å². The molecule has 1 nitrogen and oxygen atoms in total. The van der Waals surface area contributed by atoms with Crippen LogP contribution in [0.5, 0.6) is 0 Å². The molecule has 1 aliphatic rings. The van der Waals surface area contributed by atoms with E-state index < -0.39 is 5.60 Å². The lowest BCUT2D eigenvalue weighted by atomic mass is 10.0. The fraction of sp³-hybridized carbons (Fsp3) is 0.455. The maximum atomic E-state index is 13.2. The van der Waals surface area contributed by atoms with E-state index >= 15 is 0 Å². The predicted octanol–water partition coefficient (Wildman–Crippen LogP) is 2.96. The Bertz CT molecular complexity index is 349. The lowest BCUT2D eigenvalue weighted by Crippen LogP contribution is -2.11. The van der Waals surface area contributed by atoms with Crippen molar-refractivity contribution in [1.29, 1.82) is 0 Å². The van der Waals surface area contributed by atoms with Crippen molar-refractivity contribution in [2.45, 2.75) is 31.8 Å². The van der Waals surface area contributed by atoms with Crippen LogP contribution in [-0.4, -0.2) is 10.7 Å². The first-order valence-electron chi connectivity index (χ1n) is 4.67. The van der Waals surface area contributed by atoms with Gasteiger partial charge in [-0.1, -0.05) is 6.07 Å². The van der Waals surface area contributed by atoms with Gasteiger partial charge < -0.3 is 5.11 Å². The largest absolute Gasteiger partial charge is 0.390 e. The Morgan fingerprint density at radius 3 is 2.64 bits per heavy atom. The van der Waals surface area contributed by atoms with Crippen molar-refractivity contribution >= 4 is 15.9 Å². The van der Waals surface area contributed by atoms with Gasteiger partial charge in [0.05, 0.1) is 10.1 Å². The van der Waals surface area contributed by atoms with Gasteiger partial charge in [-0.2, -0.15) is 0 Å². The molecule has 0 bridgehead atoms. The Kier molecular flexibility index (Phi) is 2.40. The van der Waals surface area contributed by atoms with E-state index in [0.717, 1.165) is 18.4 Å². The second-order valence-electron chi connectivity index (χ2n) is 4.11. The molecule has 0 aromatic heterocycles. The van der Waals surface area contributed by atoms with Gasteiger partial charge in [-0.3, -0.25) is 0 Å². The average molecular weight is 259 g/mol. The summed E-state index contributed by atoms with van der Waals surface area (Å²) in [5.41, 5.74) is 1.11. The average Bonchev–Trinajstić information content (AvgIpc) is 2.79. The van der Waals surface area contributed by atoms with Crippen LogP contribution in [0.25, 0.3) is 0 Å². The topological polar surface area (TPSA) is 20.2 Å². The molecular formula is C11H12BrFO. The van der Waals surface area contributed by atoms with Crippen LogP contribution in [0.15, 0.2) is 16.6 Å². The fourth-order valence-corrected chi connectivity index (χ4v) is 2.21. The number of aliphatic hydroxyl groups is 1. The van der Waals surface area contributed by atoms with Crippen LogP contribution in [0.3, 0.4) is 0 Å². The fourth-order valence-electron chi connectivity index (χ4n) is 1.60. The van der Waals surface area contributed by atoms with E-state index in [1.807, 2.05) is 0 Å². The van der Waals surface area contributed by atoms with Crippen LogP contribution in [-0.2, 0) is 6.42 Å². The number of halogens is 2. The van der Waals surface area contributed by atoms with Crippen molar-refractivity contribution < 1.29 is 9.50 Å². The van der Waals surface area contributed by atoms with Gasteiger partial charge >= 0.3 is 0 Å². The number of rotatable bonds is 2. The van der Waals surface area contributed by atoms with E-state index in [1.165, 1.54) is 0 Å². The quantitative estimate of drug-likeness (QED) is 0.865. The smallest absolute Gasteiger partial charge is 0.140 e. The first kappa shape index (κ1) is 10.1. The Hall–Kier alpha value is -0.410. The van der Waals surface area contributed by atoms with Crippen LogP contribution < -0.4 is 0 Å². The Labute approximate surface area is 91.1 Å². The second kappa shape index (κ2) is 3.31. The summed E-state index contributed by atoms with van der Waals surface area (Å²) in [6.07, 6.45) is 2.36. The molecule has 1 saturated carbocycles. The van der Waals surface area contributed by atoms with Crippen LogP contribution in [0.4, 0.5) is 4.39 Å². The molecule has 0 saturated heterocycles. The van der Waals surface area contributed by atoms with Crippen LogP contribution in [0.1, 0.15) is 24.0 Å². The summed E-state index contributed by atoms with van der Waals surface area (Å²) in [7, 11) is 0. The summed E-state index contributed by atoms with van der Waals surface area (Å²) in [5.74, 6) is -0.212. The standard InChI is InChI=1S/C11H12BrFO/c1-7-4-8(5-9(12)10(7)13)6-11(14)2-3-11/h4-5,14H,2-3,6H2,1H3. The summed E-state index contributed by atoms with van der Waals surface area (Å²) in [4.78, 5) is 0. The van der Waals surface area contributed by atoms with Gasteiger partial charge in [0.25, 0.3) is 0 Å². The molecule has 1 aromatic rings. The van der Waals surface area contributed by atoms with E-state index in [0.29, 0.717) is 16.5 Å². The molecule has 0 amide bonds. The summed E-state index contributed by atoms with van der Waals surface area (Å²) in [6.45, 7) is 1.74. The number of aryl methyl sites for hydroxylation is 1. The minimum Gasteiger partial charge on any atom is -0.390 e. The highest BCUT2D eigenvalue weighted by Crippen LogP contribution is 2.38. The maximum Gasteiger partial charge on any atom is 0.140 e. The van der Waals surface area contributed by atoms with Crippen molar-refractivity contribution in [2.24, 2.45) is 0 Å². The van der Waals surface area contributed by atoms with Gasteiger partial charge in [0, 0.05) is 6.42 Å². The van der Waals surface area contributed by atoms with Crippen molar-refractivity contribution in [3.05, 3.63) is 33.5 Å². The molecule has 76 valence electrons. The third-order valence-corrected chi connectivity index (χ3v) is 3.21. The molecule has 0 radical (unpaired) electrons. The van der Waals surface area contributed by atoms with Crippen molar-refractivity contribution in [2.75, 3.05) is 0 Å². The summed E-state index contributed by atoms with van der Waals surface area (Å²) < 4.78 is 13.7. The third-order valence-electron chi connectivity index (χ3n) is 2.63. The third kappa shape index (κ3) is 1.98. The van der Waals surface area contributed by atoms with Gasteiger partial charge in [-0.15, -0.1) is 0 Å². The highest BCUT2D eigenvalue weighted by Gasteiger charge is 2.40. The number of hydrogen-bond acceptors (Lipinski definition) is 1. The normalized spacial score (nSPS) is 18.3. The van der Waals surface area contributed by atoms with Crippen molar-refractivity contribution in [3.8, 4) is 0 Å². The monoisotopic (exact) mass is 258 g/mol. The lowest BCUT2D eigenvalue weighted by molar-refractivity contribution is 0.151. The van der Waals surface area contributed by atoms with Gasteiger partial charge in [-0.05, 0) is 52.9 Å². The Balaban J connectivity index is 2.26. The zero-order valence-corrected chi connectivity index (χ0v) is 9.57. The predicted molar refractivity (Wildman–Crippen MR) is 56.7 cm³/mol. The minimum atomic E-state index is -0.510. The molecule has 14 heavy (non-hydrogen) atoms. The maximum absolute atomic E-state index is 13.2. The van der Waals surface area contributed by atoms with Gasteiger partial charge in [-0.25, -0.2) is 4.39 Å². The van der Waals surface area contributed by atoms with Crippen molar-refractivity contribution in [1.82, 2.24) is 0 Å². The van der Waals surface area contributed by atoms with Gasteiger partial charge in [0.2, 0.25) is 0 Å². The molecule has 2 rings (SSSR count). The van der Waals surface area contributed by atoms with E-state index in [2.05, 4.69) is 15.9 Å². The Morgan fingerprint density at radius 2 is 2.14 bits per heavy atom. The summed E-state index contributed by atoms with van der Waals surface area (Å²) in [5, 5.41) is 9.72. The van der Waals surface area contributed by atoms with Gasteiger partial charge in [0.1, 0.15) is 5.82 Å². The minimum absolute atomic E-state index is 0.212. The SMILES string of the molecule is Cc1cc(CC2(O)CC2)cc(Br)c1F. The first-order chi connectivity index (χ1) is 6.50. The zero-order valence-electron chi connectivity index (χ0n) is 7.98. The Morgan fingerprint density at radius 1 is 1.50 bits per heavy atom. The van der Waals surface area contributed by atoms with E-state index in [1.54, 1.807) is 19.1 Å². The first-order valence-corrected chi connectivity index (χ1v) is 5.46. The highest BCUT2D eigenvalue weighted by atomic mass is 79.9. The molecule has 0 spiro atoms. The molecule has 3 heteroatoms. The number of benzene rings is 1. The molecule has 1 aromatic carbocycles. The molecule has 1 N–H and O–H groups in total. The lowest BCUT2D eigenvalue weighted by Gasteiger charge is -2.09. The van der Waals surface area contributed by atoms with Gasteiger partial charge in [0.15, 0.2) is 0 Å².